The van der Waals surface area contributed by atoms with Crippen LogP contribution in [0.3, 0.4) is 0 Å². The average Bonchev–Trinajstić information content (AvgIpc) is 3.11. The van der Waals surface area contributed by atoms with Crippen molar-refractivity contribution in [3.05, 3.63) is 38.9 Å². The van der Waals surface area contributed by atoms with Gasteiger partial charge in [-0.2, -0.15) is 0 Å². The van der Waals surface area contributed by atoms with Gasteiger partial charge in [-0.05, 0) is 12.5 Å². The number of methoxy groups -OCH3 is 1. The van der Waals surface area contributed by atoms with Crippen LogP contribution in [0.25, 0.3) is 0 Å². The fraction of sp³-hybridized carbons (Fsp3) is 0.500. The maximum absolute atomic E-state index is 12.5. The van der Waals surface area contributed by atoms with Crippen LogP contribution in [-0.4, -0.2) is 28.1 Å². The van der Waals surface area contributed by atoms with E-state index >= 15 is 0 Å². The molecule has 8 nitrogen and oxygen atoms in total. The van der Waals surface area contributed by atoms with Crippen LogP contribution < -0.4 is 10.1 Å². The monoisotopic (exact) mass is 392 g/mol. The minimum Gasteiger partial charge on any atom is -0.496 e. The number of ether oxygens (including phenoxy) is 1. The van der Waals surface area contributed by atoms with E-state index in [0.29, 0.717) is 5.13 Å². The number of nitro groups is 1. The average molecular weight is 392 g/mol. The van der Waals surface area contributed by atoms with E-state index in [1.807, 2.05) is 0 Å². The Bertz CT molecular complexity index is 778. The van der Waals surface area contributed by atoms with Crippen molar-refractivity contribution in [2.45, 2.75) is 51.9 Å². The van der Waals surface area contributed by atoms with Gasteiger partial charge in [-0.25, -0.2) is 0 Å². The highest BCUT2D eigenvalue weighted by atomic mass is 32.1. The molecular formula is C18H24N4O4S. The molecule has 0 aliphatic carbocycles. The van der Waals surface area contributed by atoms with Crippen LogP contribution in [0.2, 0.25) is 0 Å². The number of hydrogen-bond acceptors (Lipinski definition) is 7. The Labute approximate surface area is 162 Å². The normalized spacial score (nSPS) is 10.6. The van der Waals surface area contributed by atoms with Gasteiger partial charge in [0, 0.05) is 18.6 Å². The van der Waals surface area contributed by atoms with Crippen molar-refractivity contribution in [2.24, 2.45) is 0 Å². The summed E-state index contributed by atoms with van der Waals surface area (Å²) in [4.78, 5) is 22.8. The van der Waals surface area contributed by atoms with Gasteiger partial charge in [0.15, 0.2) is 0 Å². The van der Waals surface area contributed by atoms with E-state index in [-0.39, 0.29) is 17.0 Å². The zero-order chi connectivity index (χ0) is 19.6. The Balaban J connectivity index is 1.94. The maximum atomic E-state index is 12.5. The number of nitrogens with zero attached hydrogens (tertiary/aromatic N) is 3. The van der Waals surface area contributed by atoms with Crippen molar-refractivity contribution >= 4 is 28.1 Å². The van der Waals surface area contributed by atoms with E-state index in [9.17, 15) is 14.9 Å². The molecular weight excluding hydrogens is 368 g/mol. The molecule has 2 aromatic rings. The number of nitrogens with one attached hydrogen (secondary N) is 1. The van der Waals surface area contributed by atoms with Crippen LogP contribution >= 0.6 is 11.3 Å². The number of aromatic nitrogens is 2. The zero-order valence-electron chi connectivity index (χ0n) is 15.6. The lowest BCUT2D eigenvalue weighted by molar-refractivity contribution is -0.384. The van der Waals surface area contributed by atoms with Crippen LogP contribution in [-0.2, 0) is 6.42 Å². The van der Waals surface area contributed by atoms with E-state index in [2.05, 4.69) is 22.4 Å². The molecule has 1 amide bonds. The first-order chi connectivity index (χ1) is 13.0. The standard InChI is InChI=1S/C18H24N4O4S/c1-3-4-5-6-7-8-9-16-20-21-18(27-16)19-17(23)14-12-13(22(24)25)10-11-15(14)26-2/h10-12H,3-9H2,1-2H3,(H,19,21,23). The highest BCUT2D eigenvalue weighted by Crippen LogP contribution is 2.26. The predicted molar refractivity (Wildman–Crippen MR) is 105 cm³/mol. The molecule has 9 heteroatoms. The molecule has 1 heterocycles. The Kier molecular flexibility index (Phi) is 8.12. The molecule has 0 saturated heterocycles. The number of hydrogen-bond donors (Lipinski definition) is 1. The molecule has 1 N–H and O–H groups in total. The van der Waals surface area contributed by atoms with E-state index in [1.165, 1.54) is 62.3 Å². The summed E-state index contributed by atoms with van der Waals surface area (Å²) in [6.45, 7) is 2.19. The second-order valence-corrected chi connectivity index (χ2v) is 7.18. The van der Waals surface area contributed by atoms with Crippen molar-refractivity contribution in [3.63, 3.8) is 0 Å². The summed E-state index contributed by atoms with van der Waals surface area (Å²) in [5.74, 6) is -0.257. The highest BCUT2D eigenvalue weighted by molar-refractivity contribution is 7.15. The van der Waals surface area contributed by atoms with Crippen LogP contribution in [0.1, 0.15) is 60.8 Å². The molecule has 1 aromatic heterocycles. The molecule has 0 bridgehead atoms. The number of amides is 1. The molecule has 0 fully saturated rings. The maximum Gasteiger partial charge on any atom is 0.270 e. The molecule has 0 unspecified atom stereocenters. The lowest BCUT2D eigenvalue weighted by Crippen LogP contribution is -2.13. The minimum atomic E-state index is -0.556. The van der Waals surface area contributed by atoms with Crippen LogP contribution in [0.15, 0.2) is 18.2 Å². The molecule has 0 atom stereocenters. The molecule has 1 aromatic carbocycles. The second kappa shape index (κ2) is 10.6. The molecule has 0 aliphatic rings. The summed E-state index contributed by atoms with van der Waals surface area (Å²) >= 11 is 1.32. The third-order valence-electron chi connectivity index (χ3n) is 4.07. The summed E-state index contributed by atoms with van der Waals surface area (Å²) in [7, 11) is 1.40. The lowest BCUT2D eigenvalue weighted by atomic mass is 10.1. The first-order valence-electron chi connectivity index (χ1n) is 9.01. The van der Waals surface area contributed by atoms with Crippen molar-refractivity contribution in [1.82, 2.24) is 10.2 Å². The summed E-state index contributed by atoms with van der Waals surface area (Å²) in [6.07, 6.45) is 8.03. The van der Waals surface area contributed by atoms with Crippen LogP contribution in [0.4, 0.5) is 10.8 Å². The van der Waals surface area contributed by atoms with Gasteiger partial charge in [-0.3, -0.25) is 20.2 Å². The zero-order valence-corrected chi connectivity index (χ0v) is 16.4. The van der Waals surface area contributed by atoms with Crippen molar-refractivity contribution in [1.29, 1.82) is 0 Å². The minimum absolute atomic E-state index is 0.0828. The van der Waals surface area contributed by atoms with E-state index in [4.69, 9.17) is 4.74 Å². The molecule has 27 heavy (non-hydrogen) atoms. The van der Waals surface area contributed by atoms with E-state index in [0.717, 1.165) is 24.3 Å². The number of non-ortho nitro benzene ring substituents is 1. The van der Waals surface area contributed by atoms with Crippen LogP contribution in [0.5, 0.6) is 5.75 Å². The number of nitro benzene ring substituents is 1. The topological polar surface area (TPSA) is 107 Å². The molecule has 0 radical (unpaired) electrons. The lowest BCUT2D eigenvalue weighted by Gasteiger charge is -2.07. The van der Waals surface area contributed by atoms with Gasteiger partial charge in [-0.1, -0.05) is 50.4 Å². The van der Waals surface area contributed by atoms with Crippen molar-refractivity contribution in [3.8, 4) is 5.75 Å². The fourth-order valence-corrected chi connectivity index (χ4v) is 3.39. The first kappa shape index (κ1) is 20.8. The Morgan fingerprint density at radius 2 is 1.96 bits per heavy atom. The quantitative estimate of drug-likeness (QED) is 0.340. The highest BCUT2D eigenvalue weighted by Gasteiger charge is 2.19. The number of aryl methyl sites for hydroxylation is 1. The van der Waals surface area contributed by atoms with Gasteiger partial charge in [0.05, 0.1) is 17.6 Å². The second-order valence-electron chi connectivity index (χ2n) is 6.11. The molecule has 2 rings (SSSR count). The summed E-state index contributed by atoms with van der Waals surface area (Å²) < 4.78 is 5.12. The summed E-state index contributed by atoms with van der Waals surface area (Å²) in [5, 5.41) is 22.9. The Hall–Kier alpha value is -2.55. The SMILES string of the molecule is CCCCCCCCc1nnc(NC(=O)c2cc([N+](=O)[O-])ccc2OC)s1. The smallest absolute Gasteiger partial charge is 0.270 e. The number of anilines is 1. The van der Waals surface area contributed by atoms with Gasteiger partial charge in [0.25, 0.3) is 11.6 Å². The van der Waals surface area contributed by atoms with E-state index < -0.39 is 10.8 Å². The van der Waals surface area contributed by atoms with Gasteiger partial charge in [-0.15, -0.1) is 10.2 Å². The molecule has 0 spiro atoms. The van der Waals surface area contributed by atoms with Gasteiger partial charge >= 0.3 is 0 Å². The number of carbonyl (C=O) groups is 1. The third kappa shape index (κ3) is 6.28. The van der Waals surface area contributed by atoms with Crippen molar-refractivity contribution < 1.29 is 14.5 Å². The Morgan fingerprint density at radius 1 is 1.22 bits per heavy atom. The van der Waals surface area contributed by atoms with Gasteiger partial charge in [0.1, 0.15) is 10.8 Å². The van der Waals surface area contributed by atoms with Crippen LogP contribution in [0, 0.1) is 10.1 Å². The fourth-order valence-electron chi connectivity index (χ4n) is 2.61. The number of rotatable bonds is 11. The Morgan fingerprint density at radius 3 is 2.67 bits per heavy atom. The first-order valence-corrected chi connectivity index (χ1v) is 9.83. The molecule has 0 saturated carbocycles. The molecule has 146 valence electrons. The number of carbonyl (C=O) groups excluding carboxylic acids is 1. The van der Waals surface area contributed by atoms with Gasteiger partial charge in [0.2, 0.25) is 5.13 Å². The van der Waals surface area contributed by atoms with E-state index in [1.54, 1.807) is 0 Å². The number of unbranched alkanes of at least 4 members (excludes halogenated alkanes) is 5. The predicted octanol–water partition coefficient (Wildman–Crippen LogP) is 4.61. The number of benzene rings is 1. The largest absolute Gasteiger partial charge is 0.496 e. The third-order valence-corrected chi connectivity index (χ3v) is 4.97. The molecule has 0 aliphatic heterocycles. The van der Waals surface area contributed by atoms with Crippen molar-refractivity contribution in [2.75, 3.05) is 12.4 Å². The van der Waals surface area contributed by atoms with Gasteiger partial charge < -0.3 is 4.74 Å². The summed E-state index contributed by atoms with van der Waals surface area (Å²) in [6, 6.07) is 3.88. The summed E-state index contributed by atoms with van der Waals surface area (Å²) in [5.41, 5.74) is -0.0960.